The van der Waals surface area contributed by atoms with Crippen molar-refractivity contribution >= 4 is 11.8 Å². The van der Waals surface area contributed by atoms with Gasteiger partial charge >= 0.3 is 5.97 Å². The van der Waals surface area contributed by atoms with Crippen LogP contribution in [0.15, 0.2) is 18.2 Å². The molecule has 1 aromatic heterocycles. The number of hydrogen-bond acceptors (Lipinski definition) is 3. The molecule has 0 spiro atoms. The van der Waals surface area contributed by atoms with Gasteiger partial charge in [0.15, 0.2) is 0 Å². The summed E-state index contributed by atoms with van der Waals surface area (Å²) in [7, 11) is 0. The number of carbonyl (C=O) groups excluding carboxylic acids is 1. The first-order chi connectivity index (χ1) is 7.90. The van der Waals surface area contributed by atoms with E-state index in [0.717, 1.165) is 5.69 Å². The molecule has 0 saturated carbocycles. The number of nitrogens with zero attached hydrogens (tertiary/aromatic N) is 2. The molecule has 1 aromatic rings. The van der Waals surface area contributed by atoms with Crippen molar-refractivity contribution in [1.29, 1.82) is 0 Å². The van der Waals surface area contributed by atoms with E-state index in [2.05, 4.69) is 9.83 Å². The van der Waals surface area contributed by atoms with Crippen LogP contribution in [-0.4, -0.2) is 16.6 Å². The number of aromatic nitrogens is 1. The molecule has 0 saturated heterocycles. The number of rotatable bonds is 3. The molecular weight excluding hydrogens is 216 g/mol. The Morgan fingerprint density at radius 2 is 2.18 bits per heavy atom. The quantitative estimate of drug-likeness (QED) is 0.594. The summed E-state index contributed by atoms with van der Waals surface area (Å²) in [5.74, 6) is 0.110. The smallest absolute Gasteiger partial charge is 0.306 e. The lowest BCUT2D eigenvalue weighted by atomic mass is 10.2. The molecule has 0 aliphatic carbocycles. The minimum atomic E-state index is -0.455. The summed E-state index contributed by atoms with van der Waals surface area (Å²) in [4.78, 5) is 18.8. The van der Waals surface area contributed by atoms with Gasteiger partial charge in [0.2, 0.25) is 0 Å². The highest BCUT2D eigenvalue weighted by atomic mass is 16.6. The Morgan fingerprint density at radius 3 is 2.76 bits per heavy atom. The summed E-state index contributed by atoms with van der Waals surface area (Å²) >= 11 is 0. The largest absolute Gasteiger partial charge is 0.460 e. The summed E-state index contributed by atoms with van der Waals surface area (Å²) < 4.78 is 5.19. The second-order valence-corrected chi connectivity index (χ2v) is 4.69. The van der Waals surface area contributed by atoms with Gasteiger partial charge in [0.25, 0.3) is 5.82 Å². The molecule has 1 heterocycles. The predicted octanol–water partition coefficient (Wildman–Crippen LogP) is 2.91. The molecule has 0 aliphatic heterocycles. The molecule has 0 aromatic carbocycles. The Bertz CT molecular complexity index is 441. The van der Waals surface area contributed by atoms with Gasteiger partial charge in [-0.2, -0.15) is 0 Å². The molecule has 1 rings (SSSR count). The molecule has 0 atom stereocenters. The van der Waals surface area contributed by atoms with E-state index >= 15 is 0 Å². The lowest BCUT2D eigenvalue weighted by molar-refractivity contribution is -0.154. The highest BCUT2D eigenvalue weighted by molar-refractivity contribution is 5.70. The van der Waals surface area contributed by atoms with E-state index in [9.17, 15) is 4.79 Å². The number of pyridine rings is 1. The summed E-state index contributed by atoms with van der Waals surface area (Å²) in [6.07, 6.45) is 0.782. The first-order valence-electron chi connectivity index (χ1n) is 5.46. The Hall–Kier alpha value is -1.89. The van der Waals surface area contributed by atoms with E-state index in [0.29, 0.717) is 12.2 Å². The van der Waals surface area contributed by atoms with Gasteiger partial charge in [-0.3, -0.25) is 4.79 Å². The SMILES string of the molecule is [C-]#[N+]c1cccc(CCC(=O)OC(C)(C)C)n1. The Kier molecular flexibility index (Phi) is 4.22. The fourth-order valence-electron chi connectivity index (χ4n) is 1.29. The average Bonchev–Trinajstić information content (AvgIpc) is 2.24. The van der Waals surface area contributed by atoms with E-state index in [-0.39, 0.29) is 12.4 Å². The zero-order valence-corrected chi connectivity index (χ0v) is 10.4. The molecule has 4 heteroatoms. The molecule has 0 unspecified atom stereocenters. The van der Waals surface area contributed by atoms with Crippen LogP contribution in [0.5, 0.6) is 0 Å². The highest BCUT2D eigenvalue weighted by Crippen LogP contribution is 2.12. The van der Waals surface area contributed by atoms with Crippen LogP contribution in [0.4, 0.5) is 5.82 Å². The topological polar surface area (TPSA) is 43.5 Å². The summed E-state index contributed by atoms with van der Waals surface area (Å²) in [6.45, 7) is 12.4. The number of hydrogen-bond donors (Lipinski definition) is 0. The fourth-order valence-corrected chi connectivity index (χ4v) is 1.29. The van der Waals surface area contributed by atoms with Crippen LogP contribution >= 0.6 is 0 Å². The van der Waals surface area contributed by atoms with Gasteiger partial charge in [0.05, 0.1) is 6.42 Å². The van der Waals surface area contributed by atoms with Gasteiger partial charge in [-0.05, 0) is 32.9 Å². The van der Waals surface area contributed by atoms with Crippen LogP contribution in [0, 0.1) is 6.57 Å². The molecule has 17 heavy (non-hydrogen) atoms. The molecule has 0 radical (unpaired) electrons. The maximum absolute atomic E-state index is 11.5. The third-order valence-corrected chi connectivity index (χ3v) is 1.91. The standard InChI is InChI=1S/C13H16N2O2/c1-13(2,3)17-12(16)9-8-10-6-5-7-11(14-4)15-10/h5-7H,8-9H2,1-3H3. The first-order valence-corrected chi connectivity index (χ1v) is 5.46. The zero-order chi connectivity index (χ0) is 12.9. The van der Waals surface area contributed by atoms with Crippen molar-refractivity contribution in [3.05, 3.63) is 35.3 Å². The third kappa shape index (κ3) is 5.12. The molecule has 0 bridgehead atoms. The minimum Gasteiger partial charge on any atom is -0.460 e. The second-order valence-electron chi connectivity index (χ2n) is 4.69. The van der Waals surface area contributed by atoms with Crippen molar-refractivity contribution in [1.82, 2.24) is 4.98 Å². The van der Waals surface area contributed by atoms with Crippen LogP contribution in [0.2, 0.25) is 0 Å². The second kappa shape index (κ2) is 5.44. The molecule has 0 aliphatic rings. The number of esters is 1. The zero-order valence-electron chi connectivity index (χ0n) is 10.4. The molecule has 0 N–H and O–H groups in total. The van der Waals surface area contributed by atoms with Crippen molar-refractivity contribution in [3.63, 3.8) is 0 Å². The fraction of sp³-hybridized carbons (Fsp3) is 0.462. The minimum absolute atomic E-state index is 0.243. The maximum Gasteiger partial charge on any atom is 0.306 e. The van der Waals surface area contributed by atoms with E-state index < -0.39 is 5.60 Å². The van der Waals surface area contributed by atoms with Crippen LogP contribution in [-0.2, 0) is 16.0 Å². The van der Waals surface area contributed by atoms with Crippen molar-refractivity contribution in [2.24, 2.45) is 0 Å². The average molecular weight is 232 g/mol. The van der Waals surface area contributed by atoms with Crippen molar-refractivity contribution in [3.8, 4) is 0 Å². The number of ether oxygens (including phenoxy) is 1. The number of aryl methyl sites for hydroxylation is 1. The van der Waals surface area contributed by atoms with E-state index in [1.807, 2.05) is 20.8 Å². The van der Waals surface area contributed by atoms with Gasteiger partial charge < -0.3 is 9.58 Å². The van der Waals surface area contributed by atoms with Crippen molar-refractivity contribution < 1.29 is 9.53 Å². The third-order valence-electron chi connectivity index (χ3n) is 1.91. The van der Waals surface area contributed by atoms with Crippen molar-refractivity contribution in [2.45, 2.75) is 39.2 Å². The summed E-state index contributed by atoms with van der Waals surface area (Å²) in [5, 5.41) is 0. The van der Waals surface area contributed by atoms with Crippen molar-refractivity contribution in [2.75, 3.05) is 0 Å². The van der Waals surface area contributed by atoms with Gasteiger partial charge in [0, 0.05) is 6.42 Å². The lowest BCUT2D eigenvalue weighted by Crippen LogP contribution is -2.24. The monoisotopic (exact) mass is 232 g/mol. The van der Waals surface area contributed by atoms with Gasteiger partial charge in [-0.25, -0.2) is 0 Å². The van der Waals surface area contributed by atoms with Gasteiger partial charge in [0.1, 0.15) is 11.3 Å². The van der Waals surface area contributed by atoms with Gasteiger partial charge in [-0.15, -0.1) is 4.98 Å². The summed E-state index contributed by atoms with van der Waals surface area (Å²) in [6, 6.07) is 5.22. The molecule has 0 amide bonds. The Balaban J connectivity index is 2.51. The normalized spacial score (nSPS) is 10.7. The van der Waals surface area contributed by atoms with Crippen LogP contribution in [0.3, 0.4) is 0 Å². The number of carbonyl (C=O) groups is 1. The van der Waals surface area contributed by atoms with Crippen LogP contribution in [0.1, 0.15) is 32.9 Å². The van der Waals surface area contributed by atoms with E-state index in [1.165, 1.54) is 0 Å². The molecular formula is C13H16N2O2. The van der Waals surface area contributed by atoms with Gasteiger partial charge in [-0.1, -0.05) is 12.6 Å². The Labute approximate surface area is 101 Å². The van der Waals surface area contributed by atoms with Crippen LogP contribution < -0.4 is 0 Å². The maximum atomic E-state index is 11.5. The first kappa shape index (κ1) is 13.2. The molecule has 0 fully saturated rings. The van der Waals surface area contributed by atoms with Crippen LogP contribution in [0.25, 0.3) is 4.85 Å². The van der Waals surface area contributed by atoms with E-state index in [1.54, 1.807) is 18.2 Å². The Morgan fingerprint density at radius 1 is 1.47 bits per heavy atom. The lowest BCUT2D eigenvalue weighted by Gasteiger charge is -2.19. The molecule has 90 valence electrons. The molecule has 4 nitrogen and oxygen atoms in total. The highest BCUT2D eigenvalue weighted by Gasteiger charge is 2.16. The van der Waals surface area contributed by atoms with E-state index in [4.69, 9.17) is 11.3 Å². The predicted molar refractivity (Wildman–Crippen MR) is 64.7 cm³/mol. The summed E-state index contributed by atoms with van der Waals surface area (Å²) in [5.41, 5.74) is 0.285.